The number of carbonyl (C=O) groups excluding carboxylic acids is 1. The van der Waals surface area contributed by atoms with Gasteiger partial charge in [-0.25, -0.2) is 4.79 Å². The number of carbonyl (C=O) groups is 1. The van der Waals surface area contributed by atoms with Crippen LogP contribution in [0.25, 0.3) is 0 Å². The van der Waals surface area contributed by atoms with Gasteiger partial charge in [-0.05, 0) is 26.2 Å². The summed E-state index contributed by atoms with van der Waals surface area (Å²) in [4.78, 5) is 11.5. The first kappa shape index (κ1) is 9.97. The van der Waals surface area contributed by atoms with Crippen LogP contribution in [0.1, 0.15) is 39.5 Å². The molecule has 0 N–H and O–H groups in total. The lowest BCUT2D eigenvalue weighted by Gasteiger charge is -2.27. The zero-order valence-corrected chi connectivity index (χ0v) is 9.13. The van der Waals surface area contributed by atoms with E-state index in [0.29, 0.717) is 0 Å². The Kier molecular flexibility index (Phi) is 2.11. The summed E-state index contributed by atoms with van der Waals surface area (Å²) in [5.74, 6) is 0.519. The van der Waals surface area contributed by atoms with Gasteiger partial charge in [0.2, 0.25) is 0 Å². The van der Waals surface area contributed by atoms with Crippen LogP contribution in [0.3, 0.4) is 0 Å². The van der Waals surface area contributed by atoms with Crippen LogP contribution >= 0.6 is 0 Å². The van der Waals surface area contributed by atoms with Crippen molar-refractivity contribution in [1.82, 2.24) is 0 Å². The van der Waals surface area contributed by atoms with E-state index in [2.05, 4.69) is 0 Å². The van der Waals surface area contributed by atoms with Gasteiger partial charge in [0.1, 0.15) is 5.60 Å². The third-order valence-electron chi connectivity index (χ3n) is 3.87. The molecule has 2 aliphatic rings. The Hall–Kier alpha value is -0.570. The molecule has 2 fully saturated rings. The van der Waals surface area contributed by atoms with Crippen LogP contribution in [0.15, 0.2) is 0 Å². The van der Waals surface area contributed by atoms with Crippen LogP contribution in [0.2, 0.25) is 0 Å². The highest BCUT2D eigenvalue weighted by Gasteiger charge is 2.69. The van der Waals surface area contributed by atoms with Gasteiger partial charge in [-0.2, -0.15) is 0 Å². The highest BCUT2D eigenvalue weighted by Crippen LogP contribution is 2.54. The first-order chi connectivity index (χ1) is 6.52. The Labute approximate surface area is 84.8 Å². The van der Waals surface area contributed by atoms with Crippen molar-refractivity contribution < 1.29 is 14.3 Å². The van der Waals surface area contributed by atoms with Crippen molar-refractivity contribution in [2.75, 3.05) is 7.11 Å². The fourth-order valence-electron chi connectivity index (χ4n) is 2.36. The molecule has 0 aromatic heterocycles. The predicted octanol–water partition coefficient (Wildman–Crippen LogP) is 1.90. The fourth-order valence-corrected chi connectivity index (χ4v) is 2.36. The molecule has 2 atom stereocenters. The molecule has 0 spiro atoms. The summed E-state index contributed by atoms with van der Waals surface area (Å²) in [7, 11) is 1.42. The average molecular weight is 198 g/mol. The highest BCUT2D eigenvalue weighted by atomic mass is 16.7. The van der Waals surface area contributed by atoms with Gasteiger partial charge in [0.05, 0.1) is 7.11 Å². The molecule has 80 valence electrons. The van der Waals surface area contributed by atoms with Crippen LogP contribution in [0.4, 0.5) is 0 Å². The van der Waals surface area contributed by atoms with Crippen LogP contribution in [0, 0.1) is 5.92 Å². The minimum absolute atomic E-state index is 0.237. The molecule has 1 saturated heterocycles. The Balaban J connectivity index is 1.96. The van der Waals surface area contributed by atoms with Gasteiger partial charge in [0.25, 0.3) is 0 Å². The van der Waals surface area contributed by atoms with Gasteiger partial charge < -0.3 is 9.47 Å². The first-order valence-corrected chi connectivity index (χ1v) is 5.30. The molecule has 1 heterocycles. The van der Waals surface area contributed by atoms with Crippen LogP contribution in [-0.4, -0.2) is 24.3 Å². The second-order valence-corrected chi connectivity index (χ2v) is 4.86. The zero-order chi connectivity index (χ0) is 10.4. The average Bonchev–Trinajstić information content (AvgIpc) is 2.63. The molecule has 0 bridgehead atoms. The molecule has 3 nitrogen and oxygen atoms in total. The molecule has 2 rings (SSSR count). The maximum absolute atomic E-state index is 11.5. The number of ether oxygens (including phenoxy) is 2. The van der Waals surface area contributed by atoms with E-state index in [1.807, 2.05) is 13.8 Å². The summed E-state index contributed by atoms with van der Waals surface area (Å²) < 4.78 is 10.3. The quantitative estimate of drug-likeness (QED) is 0.513. The first-order valence-electron chi connectivity index (χ1n) is 5.30. The maximum Gasteiger partial charge on any atom is 0.340 e. The number of hydrogen-bond donors (Lipinski definition) is 0. The van der Waals surface area contributed by atoms with E-state index in [4.69, 9.17) is 9.47 Å². The van der Waals surface area contributed by atoms with Gasteiger partial charge >= 0.3 is 5.97 Å². The predicted molar refractivity (Wildman–Crippen MR) is 51.9 cm³/mol. The van der Waals surface area contributed by atoms with E-state index in [1.54, 1.807) is 0 Å². The summed E-state index contributed by atoms with van der Waals surface area (Å²) in [5.41, 5.74) is -0.956. The second kappa shape index (κ2) is 2.96. The summed E-state index contributed by atoms with van der Waals surface area (Å²) in [5, 5.41) is 0. The Bertz CT molecular complexity index is 259. The van der Waals surface area contributed by atoms with Gasteiger partial charge in [0.15, 0.2) is 5.60 Å². The van der Waals surface area contributed by atoms with Gasteiger partial charge in [-0.1, -0.05) is 19.3 Å². The smallest absolute Gasteiger partial charge is 0.340 e. The van der Waals surface area contributed by atoms with Crippen molar-refractivity contribution in [3.8, 4) is 0 Å². The van der Waals surface area contributed by atoms with Gasteiger partial charge in [-0.15, -0.1) is 0 Å². The molecule has 0 aromatic carbocycles. The number of epoxide rings is 1. The normalized spacial score (nSPS) is 41.6. The number of rotatable bonds is 3. The molecule has 1 aliphatic heterocycles. The highest BCUT2D eigenvalue weighted by molar-refractivity contribution is 5.84. The topological polar surface area (TPSA) is 38.8 Å². The van der Waals surface area contributed by atoms with Crippen molar-refractivity contribution >= 4 is 5.97 Å². The number of methoxy groups -OCH3 is 1. The molecular formula is C11H18O3. The van der Waals surface area contributed by atoms with Crippen molar-refractivity contribution in [1.29, 1.82) is 0 Å². The molecule has 14 heavy (non-hydrogen) atoms. The third kappa shape index (κ3) is 1.26. The second-order valence-electron chi connectivity index (χ2n) is 4.86. The SMILES string of the molecule is COC(=O)C1(C)OC1(C)CC1CCC1. The molecule has 0 amide bonds. The molecule has 0 radical (unpaired) electrons. The van der Waals surface area contributed by atoms with Crippen molar-refractivity contribution in [2.45, 2.75) is 50.7 Å². The van der Waals surface area contributed by atoms with E-state index in [1.165, 1.54) is 26.4 Å². The lowest BCUT2D eigenvalue weighted by atomic mass is 9.76. The molecule has 1 aliphatic carbocycles. The van der Waals surface area contributed by atoms with Gasteiger partial charge in [0, 0.05) is 0 Å². The Morgan fingerprint density at radius 1 is 1.50 bits per heavy atom. The van der Waals surface area contributed by atoms with E-state index in [-0.39, 0.29) is 11.6 Å². The molecule has 1 saturated carbocycles. The third-order valence-corrected chi connectivity index (χ3v) is 3.87. The Morgan fingerprint density at radius 3 is 2.57 bits per heavy atom. The summed E-state index contributed by atoms with van der Waals surface area (Å²) in [6, 6.07) is 0. The lowest BCUT2D eigenvalue weighted by molar-refractivity contribution is -0.146. The van der Waals surface area contributed by atoms with E-state index in [9.17, 15) is 4.79 Å². The van der Waals surface area contributed by atoms with Gasteiger partial charge in [-0.3, -0.25) is 0 Å². The molecule has 0 aromatic rings. The number of hydrogen-bond acceptors (Lipinski definition) is 3. The van der Waals surface area contributed by atoms with Crippen LogP contribution < -0.4 is 0 Å². The largest absolute Gasteiger partial charge is 0.467 e. The summed E-state index contributed by atoms with van der Waals surface area (Å²) in [6.07, 6.45) is 4.90. The maximum atomic E-state index is 11.5. The minimum Gasteiger partial charge on any atom is -0.467 e. The van der Waals surface area contributed by atoms with E-state index >= 15 is 0 Å². The van der Waals surface area contributed by atoms with E-state index < -0.39 is 5.60 Å². The van der Waals surface area contributed by atoms with Crippen molar-refractivity contribution in [3.63, 3.8) is 0 Å². The molecule has 2 unspecified atom stereocenters. The zero-order valence-electron chi connectivity index (χ0n) is 9.13. The standard InChI is InChI=1S/C11H18O3/c1-10(7-8-5-4-6-8)11(2,14-10)9(12)13-3/h8H,4-7H2,1-3H3. The van der Waals surface area contributed by atoms with Crippen LogP contribution in [0.5, 0.6) is 0 Å². The monoisotopic (exact) mass is 198 g/mol. The van der Waals surface area contributed by atoms with E-state index in [0.717, 1.165) is 12.3 Å². The minimum atomic E-state index is -0.683. The van der Waals surface area contributed by atoms with Crippen molar-refractivity contribution in [3.05, 3.63) is 0 Å². The Morgan fingerprint density at radius 2 is 2.14 bits per heavy atom. The molecular weight excluding hydrogens is 180 g/mol. The lowest BCUT2D eigenvalue weighted by Crippen LogP contribution is -2.33. The molecule has 3 heteroatoms. The van der Waals surface area contributed by atoms with Crippen molar-refractivity contribution in [2.24, 2.45) is 5.92 Å². The number of esters is 1. The fraction of sp³-hybridized carbons (Fsp3) is 0.909. The summed E-state index contributed by atoms with van der Waals surface area (Å²) >= 11 is 0. The summed E-state index contributed by atoms with van der Waals surface area (Å²) in [6.45, 7) is 3.85. The van der Waals surface area contributed by atoms with Crippen LogP contribution in [-0.2, 0) is 14.3 Å².